The van der Waals surface area contributed by atoms with Crippen molar-refractivity contribution < 1.29 is 0 Å². The molecule has 2 N–H and O–H groups in total. The summed E-state index contributed by atoms with van der Waals surface area (Å²) < 4.78 is 0. The van der Waals surface area contributed by atoms with Crippen LogP contribution in [0.4, 0.5) is 0 Å². The van der Waals surface area contributed by atoms with Crippen molar-refractivity contribution in [3.8, 4) is 0 Å². The monoisotopic (exact) mass is 263 g/mol. The molecule has 3 aromatic rings. The maximum atomic E-state index is 6.51. The highest BCUT2D eigenvalue weighted by Gasteiger charge is 2.17. The predicted molar refractivity (Wildman–Crippen MR) is 87.8 cm³/mol. The molecule has 1 unspecified atom stereocenters. The van der Waals surface area contributed by atoms with E-state index in [1.807, 2.05) is 0 Å². The molecule has 0 fully saturated rings. The first-order chi connectivity index (χ1) is 9.72. The molecule has 0 saturated heterocycles. The molecule has 0 amide bonds. The maximum Gasteiger partial charge on any atom is 0.0327 e. The molecule has 0 aliphatic rings. The van der Waals surface area contributed by atoms with E-state index in [9.17, 15) is 0 Å². The number of benzene rings is 3. The summed E-state index contributed by atoms with van der Waals surface area (Å²) in [7, 11) is 0. The Bertz CT molecular complexity index is 745. The van der Waals surface area contributed by atoms with Crippen LogP contribution in [0.5, 0.6) is 0 Å². The molecule has 102 valence electrons. The van der Waals surface area contributed by atoms with Crippen LogP contribution in [0.2, 0.25) is 0 Å². The number of hydrogen-bond donors (Lipinski definition) is 1. The van der Waals surface area contributed by atoms with Crippen LogP contribution in [0, 0.1) is 5.92 Å². The lowest BCUT2D eigenvalue weighted by Gasteiger charge is -2.21. The second-order valence-corrected chi connectivity index (χ2v) is 5.64. The molecule has 1 heteroatoms. The van der Waals surface area contributed by atoms with E-state index in [0.29, 0.717) is 5.92 Å². The van der Waals surface area contributed by atoms with Crippen LogP contribution in [-0.4, -0.2) is 0 Å². The van der Waals surface area contributed by atoms with Crippen LogP contribution >= 0.6 is 0 Å². The molecule has 3 aromatic carbocycles. The Hall–Kier alpha value is -1.86. The number of nitrogens with two attached hydrogens (primary N) is 1. The molecule has 1 nitrogen and oxygen atoms in total. The zero-order valence-corrected chi connectivity index (χ0v) is 12.1. The first-order valence-corrected chi connectivity index (χ1v) is 7.38. The van der Waals surface area contributed by atoms with Crippen LogP contribution in [-0.2, 0) is 0 Å². The van der Waals surface area contributed by atoms with Crippen molar-refractivity contribution in [2.45, 2.75) is 26.3 Å². The van der Waals surface area contributed by atoms with E-state index in [-0.39, 0.29) is 6.04 Å². The number of hydrogen-bond acceptors (Lipinski definition) is 1. The summed E-state index contributed by atoms with van der Waals surface area (Å²) in [5.74, 6) is 0.486. The topological polar surface area (TPSA) is 26.0 Å². The summed E-state index contributed by atoms with van der Waals surface area (Å²) in [5, 5.41) is 5.18. The Kier molecular flexibility index (Phi) is 3.45. The maximum absolute atomic E-state index is 6.51. The van der Waals surface area contributed by atoms with E-state index in [1.165, 1.54) is 27.1 Å². The van der Waals surface area contributed by atoms with Gasteiger partial charge in [-0.3, -0.25) is 0 Å². The highest BCUT2D eigenvalue weighted by atomic mass is 14.6. The van der Waals surface area contributed by atoms with Crippen molar-refractivity contribution in [3.05, 3.63) is 60.2 Å². The fourth-order valence-electron chi connectivity index (χ4n) is 2.92. The fourth-order valence-corrected chi connectivity index (χ4v) is 2.92. The Labute approximate surface area is 120 Å². The lowest BCUT2D eigenvalue weighted by atomic mass is 9.87. The Morgan fingerprint density at radius 1 is 0.900 bits per heavy atom. The molecule has 20 heavy (non-hydrogen) atoms. The molecular formula is C19H21N. The van der Waals surface area contributed by atoms with Gasteiger partial charge in [0.2, 0.25) is 0 Å². The normalized spacial score (nSPS) is 14.6. The highest BCUT2D eigenvalue weighted by molar-refractivity contribution is 6.09. The van der Waals surface area contributed by atoms with Crippen LogP contribution < -0.4 is 5.73 Å². The minimum Gasteiger partial charge on any atom is -0.324 e. The van der Waals surface area contributed by atoms with Gasteiger partial charge >= 0.3 is 0 Å². The van der Waals surface area contributed by atoms with E-state index < -0.39 is 0 Å². The largest absolute Gasteiger partial charge is 0.324 e. The Morgan fingerprint density at radius 3 is 2.20 bits per heavy atom. The summed E-state index contributed by atoms with van der Waals surface area (Å²) in [6.07, 6.45) is 1.10. The van der Waals surface area contributed by atoms with E-state index in [2.05, 4.69) is 68.4 Å². The van der Waals surface area contributed by atoms with Crippen LogP contribution in [0.15, 0.2) is 54.6 Å². The summed E-state index contributed by atoms with van der Waals surface area (Å²) >= 11 is 0. The van der Waals surface area contributed by atoms with Crippen LogP contribution in [0.1, 0.15) is 31.9 Å². The van der Waals surface area contributed by atoms with Gasteiger partial charge in [0.1, 0.15) is 0 Å². The second-order valence-electron chi connectivity index (χ2n) is 5.64. The molecular weight excluding hydrogens is 242 g/mol. The van der Waals surface area contributed by atoms with Gasteiger partial charge in [0.25, 0.3) is 0 Å². The third-order valence-corrected chi connectivity index (χ3v) is 4.42. The predicted octanol–water partition coefficient (Wildman–Crippen LogP) is 5.04. The van der Waals surface area contributed by atoms with Crippen LogP contribution in [0.3, 0.4) is 0 Å². The standard InChI is InChI=1S/C19H21N/c1-3-13(2)19(20)18-12-14-8-4-5-9-15(14)16-10-6-7-11-17(16)18/h4-13,19H,3,20H2,1-2H3/t13?,19-/m0/s1. The first kappa shape index (κ1) is 13.1. The van der Waals surface area contributed by atoms with Gasteiger partial charge in [-0.25, -0.2) is 0 Å². The van der Waals surface area contributed by atoms with Crippen molar-refractivity contribution in [1.29, 1.82) is 0 Å². The van der Waals surface area contributed by atoms with Crippen molar-refractivity contribution in [2.75, 3.05) is 0 Å². The van der Waals surface area contributed by atoms with Crippen LogP contribution in [0.25, 0.3) is 21.5 Å². The third kappa shape index (κ3) is 2.08. The van der Waals surface area contributed by atoms with Gasteiger partial charge in [0, 0.05) is 6.04 Å². The van der Waals surface area contributed by atoms with Gasteiger partial charge < -0.3 is 5.73 Å². The minimum absolute atomic E-state index is 0.0921. The molecule has 0 heterocycles. The fraction of sp³-hybridized carbons (Fsp3) is 0.263. The molecule has 3 rings (SSSR count). The smallest absolute Gasteiger partial charge is 0.0327 e. The lowest BCUT2D eigenvalue weighted by Crippen LogP contribution is -2.18. The second kappa shape index (κ2) is 5.26. The summed E-state index contributed by atoms with van der Waals surface area (Å²) in [6.45, 7) is 4.43. The number of fused-ring (bicyclic) bond motifs is 3. The third-order valence-electron chi connectivity index (χ3n) is 4.42. The molecule has 0 spiro atoms. The highest BCUT2D eigenvalue weighted by Crippen LogP contribution is 2.34. The molecule has 0 bridgehead atoms. The van der Waals surface area contributed by atoms with Gasteiger partial charge in [0.15, 0.2) is 0 Å². The molecule has 0 aliphatic carbocycles. The molecule has 0 radical (unpaired) electrons. The Morgan fingerprint density at radius 2 is 1.50 bits per heavy atom. The minimum atomic E-state index is 0.0921. The zero-order chi connectivity index (χ0) is 14.1. The Balaban J connectivity index is 2.34. The van der Waals surface area contributed by atoms with Crippen molar-refractivity contribution in [3.63, 3.8) is 0 Å². The zero-order valence-electron chi connectivity index (χ0n) is 12.1. The van der Waals surface area contributed by atoms with Gasteiger partial charge in [0.05, 0.1) is 0 Å². The van der Waals surface area contributed by atoms with Gasteiger partial charge in [-0.05, 0) is 39.1 Å². The van der Waals surface area contributed by atoms with E-state index in [4.69, 9.17) is 5.73 Å². The van der Waals surface area contributed by atoms with E-state index in [1.54, 1.807) is 0 Å². The lowest BCUT2D eigenvalue weighted by molar-refractivity contribution is 0.459. The van der Waals surface area contributed by atoms with E-state index >= 15 is 0 Å². The van der Waals surface area contributed by atoms with Crippen molar-refractivity contribution in [2.24, 2.45) is 11.7 Å². The van der Waals surface area contributed by atoms with Gasteiger partial charge in [-0.15, -0.1) is 0 Å². The summed E-state index contributed by atoms with van der Waals surface area (Å²) in [6, 6.07) is 19.5. The molecule has 0 aromatic heterocycles. The molecule has 0 aliphatic heterocycles. The average Bonchev–Trinajstić information content (AvgIpc) is 2.52. The quantitative estimate of drug-likeness (QED) is 0.658. The molecule has 0 saturated carbocycles. The average molecular weight is 263 g/mol. The van der Waals surface area contributed by atoms with Gasteiger partial charge in [-0.1, -0.05) is 68.8 Å². The first-order valence-electron chi connectivity index (χ1n) is 7.38. The van der Waals surface area contributed by atoms with Crippen molar-refractivity contribution in [1.82, 2.24) is 0 Å². The van der Waals surface area contributed by atoms with Gasteiger partial charge in [-0.2, -0.15) is 0 Å². The SMILES string of the molecule is CCC(C)[C@H](N)c1cc2ccccc2c2ccccc12. The molecule has 2 atom stereocenters. The number of rotatable bonds is 3. The van der Waals surface area contributed by atoms with Crippen molar-refractivity contribution >= 4 is 21.5 Å². The summed E-state index contributed by atoms with van der Waals surface area (Å²) in [5.41, 5.74) is 7.78. The summed E-state index contributed by atoms with van der Waals surface area (Å²) in [4.78, 5) is 0. The van der Waals surface area contributed by atoms with E-state index in [0.717, 1.165) is 6.42 Å².